The first kappa shape index (κ1) is 10.8. The lowest BCUT2D eigenvalue weighted by molar-refractivity contribution is 0.902. The Balaban J connectivity index is 2.91. The molecule has 1 aromatic heterocycles. The highest BCUT2D eigenvalue weighted by molar-refractivity contribution is 5.89. The molecule has 1 heterocycles. The van der Waals surface area contributed by atoms with Gasteiger partial charge in [-0.1, -0.05) is 11.6 Å². The molecule has 82 valence electrons. The summed E-state index contributed by atoms with van der Waals surface area (Å²) in [5.41, 5.74) is 6.17. The highest BCUT2D eigenvalue weighted by Gasteiger charge is 2.13. The maximum absolute atomic E-state index is 8.89. The molecular formula is C14H16N2. The molecule has 0 radical (unpaired) electrons. The summed E-state index contributed by atoms with van der Waals surface area (Å²) < 4.78 is 2.19. The molecule has 0 unspecified atom stereocenters. The zero-order chi connectivity index (χ0) is 11.9. The van der Waals surface area contributed by atoms with Crippen molar-refractivity contribution in [1.29, 1.82) is 5.26 Å². The SMILES string of the molecule is Cc1cc(C)c2c(c1)c(CC#N)c(C)n2C. The smallest absolute Gasteiger partial charge is 0.0670 e. The van der Waals surface area contributed by atoms with Crippen LogP contribution in [0.3, 0.4) is 0 Å². The molecule has 2 aromatic rings. The van der Waals surface area contributed by atoms with Gasteiger partial charge in [-0.05, 0) is 38.0 Å². The van der Waals surface area contributed by atoms with Crippen molar-refractivity contribution >= 4 is 10.9 Å². The molecule has 1 aromatic carbocycles. The molecule has 16 heavy (non-hydrogen) atoms. The summed E-state index contributed by atoms with van der Waals surface area (Å²) in [6.45, 7) is 6.32. The molecule has 0 atom stereocenters. The van der Waals surface area contributed by atoms with Gasteiger partial charge < -0.3 is 4.57 Å². The van der Waals surface area contributed by atoms with Gasteiger partial charge in [-0.25, -0.2) is 0 Å². The second-order valence-electron chi connectivity index (χ2n) is 4.44. The highest BCUT2D eigenvalue weighted by atomic mass is 14.9. The van der Waals surface area contributed by atoms with E-state index >= 15 is 0 Å². The van der Waals surface area contributed by atoms with E-state index in [1.807, 2.05) is 0 Å². The van der Waals surface area contributed by atoms with Crippen molar-refractivity contribution < 1.29 is 0 Å². The number of aryl methyl sites for hydroxylation is 3. The second-order valence-corrected chi connectivity index (χ2v) is 4.44. The number of aromatic nitrogens is 1. The lowest BCUT2D eigenvalue weighted by Gasteiger charge is -2.03. The molecule has 0 spiro atoms. The van der Waals surface area contributed by atoms with Crippen LogP contribution in [-0.2, 0) is 13.5 Å². The summed E-state index contributed by atoms with van der Waals surface area (Å²) >= 11 is 0. The molecular weight excluding hydrogens is 196 g/mol. The maximum Gasteiger partial charge on any atom is 0.0670 e. The number of hydrogen-bond donors (Lipinski definition) is 0. The van der Waals surface area contributed by atoms with Gasteiger partial charge in [-0.2, -0.15) is 5.26 Å². The lowest BCUT2D eigenvalue weighted by Crippen LogP contribution is -1.93. The average Bonchev–Trinajstić information content (AvgIpc) is 2.44. The van der Waals surface area contributed by atoms with E-state index in [4.69, 9.17) is 5.26 Å². The Morgan fingerprint density at radius 2 is 1.94 bits per heavy atom. The Labute approximate surface area is 96.1 Å². The number of benzene rings is 1. The van der Waals surface area contributed by atoms with E-state index in [-0.39, 0.29) is 0 Å². The molecule has 0 saturated heterocycles. The van der Waals surface area contributed by atoms with E-state index in [9.17, 15) is 0 Å². The van der Waals surface area contributed by atoms with Crippen molar-refractivity contribution in [2.45, 2.75) is 27.2 Å². The average molecular weight is 212 g/mol. The fourth-order valence-electron chi connectivity index (χ4n) is 2.50. The Hall–Kier alpha value is -1.75. The summed E-state index contributed by atoms with van der Waals surface area (Å²) in [5.74, 6) is 0. The van der Waals surface area contributed by atoms with E-state index in [1.54, 1.807) is 0 Å². The molecule has 0 aliphatic carbocycles. The predicted octanol–water partition coefficient (Wildman–Crippen LogP) is 3.17. The van der Waals surface area contributed by atoms with Gasteiger partial charge in [-0.3, -0.25) is 0 Å². The van der Waals surface area contributed by atoms with Crippen LogP contribution in [0.15, 0.2) is 12.1 Å². The van der Waals surface area contributed by atoms with E-state index < -0.39 is 0 Å². The third kappa shape index (κ3) is 1.40. The second kappa shape index (κ2) is 3.68. The minimum atomic E-state index is 0.492. The topological polar surface area (TPSA) is 28.7 Å². The summed E-state index contributed by atoms with van der Waals surface area (Å²) in [4.78, 5) is 0. The van der Waals surface area contributed by atoms with Crippen LogP contribution in [0.5, 0.6) is 0 Å². The van der Waals surface area contributed by atoms with Crippen molar-refractivity contribution in [3.05, 3.63) is 34.5 Å². The van der Waals surface area contributed by atoms with Crippen molar-refractivity contribution in [3.63, 3.8) is 0 Å². The van der Waals surface area contributed by atoms with Crippen molar-refractivity contribution in [2.24, 2.45) is 7.05 Å². The van der Waals surface area contributed by atoms with Crippen LogP contribution >= 0.6 is 0 Å². The predicted molar refractivity (Wildman–Crippen MR) is 66.4 cm³/mol. The Morgan fingerprint density at radius 3 is 2.56 bits per heavy atom. The van der Waals surface area contributed by atoms with Gasteiger partial charge in [0, 0.05) is 18.1 Å². The standard InChI is InChI=1S/C14H16N2/c1-9-7-10(2)14-13(8-9)12(5-6-15)11(3)16(14)4/h7-8H,5H2,1-4H3. The number of rotatable bonds is 1. The largest absolute Gasteiger partial charge is 0.347 e. The van der Waals surface area contributed by atoms with Crippen LogP contribution in [-0.4, -0.2) is 4.57 Å². The minimum absolute atomic E-state index is 0.492. The first-order chi connectivity index (χ1) is 7.56. The summed E-state index contributed by atoms with van der Waals surface area (Å²) in [6, 6.07) is 6.63. The van der Waals surface area contributed by atoms with Crippen molar-refractivity contribution in [1.82, 2.24) is 4.57 Å². The molecule has 0 fully saturated rings. The normalized spacial score (nSPS) is 10.7. The van der Waals surface area contributed by atoms with Crippen molar-refractivity contribution in [2.75, 3.05) is 0 Å². The Bertz CT molecular complexity index is 597. The van der Waals surface area contributed by atoms with Gasteiger partial charge in [0.05, 0.1) is 18.0 Å². The van der Waals surface area contributed by atoms with Gasteiger partial charge in [0.15, 0.2) is 0 Å². The summed E-state index contributed by atoms with van der Waals surface area (Å²) in [7, 11) is 2.07. The first-order valence-electron chi connectivity index (χ1n) is 5.48. The third-order valence-corrected chi connectivity index (χ3v) is 3.30. The van der Waals surface area contributed by atoms with Gasteiger partial charge >= 0.3 is 0 Å². The van der Waals surface area contributed by atoms with Crippen LogP contribution in [0.2, 0.25) is 0 Å². The zero-order valence-corrected chi connectivity index (χ0v) is 10.3. The quantitative estimate of drug-likeness (QED) is 0.713. The highest BCUT2D eigenvalue weighted by Crippen LogP contribution is 2.28. The zero-order valence-electron chi connectivity index (χ0n) is 10.3. The summed E-state index contributed by atoms with van der Waals surface area (Å²) in [6.07, 6.45) is 0.492. The molecule has 0 saturated carbocycles. The van der Waals surface area contributed by atoms with E-state index in [2.05, 4.69) is 50.6 Å². The maximum atomic E-state index is 8.89. The fourth-order valence-corrected chi connectivity index (χ4v) is 2.50. The van der Waals surface area contributed by atoms with Gasteiger partial charge in [0.25, 0.3) is 0 Å². The number of hydrogen-bond acceptors (Lipinski definition) is 1. The minimum Gasteiger partial charge on any atom is -0.347 e. The summed E-state index contributed by atoms with van der Waals surface area (Å²) in [5, 5.41) is 10.1. The van der Waals surface area contributed by atoms with Gasteiger partial charge in [0.1, 0.15) is 0 Å². The molecule has 0 bridgehead atoms. The van der Waals surface area contributed by atoms with E-state index in [1.165, 1.54) is 33.3 Å². The lowest BCUT2D eigenvalue weighted by atomic mass is 10.0. The molecule has 0 aliphatic heterocycles. The van der Waals surface area contributed by atoms with Crippen molar-refractivity contribution in [3.8, 4) is 6.07 Å². The number of nitriles is 1. The van der Waals surface area contributed by atoms with E-state index in [0.29, 0.717) is 6.42 Å². The van der Waals surface area contributed by atoms with E-state index in [0.717, 1.165) is 0 Å². The van der Waals surface area contributed by atoms with Gasteiger partial charge in [-0.15, -0.1) is 0 Å². The number of nitrogens with zero attached hydrogens (tertiary/aromatic N) is 2. The van der Waals surface area contributed by atoms with Crippen LogP contribution in [0.25, 0.3) is 10.9 Å². The van der Waals surface area contributed by atoms with Gasteiger partial charge in [0.2, 0.25) is 0 Å². The molecule has 0 aliphatic rings. The Kier molecular flexibility index (Phi) is 2.47. The van der Waals surface area contributed by atoms with Crippen LogP contribution < -0.4 is 0 Å². The first-order valence-corrected chi connectivity index (χ1v) is 5.48. The van der Waals surface area contributed by atoms with Crippen LogP contribution in [0.1, 0.15) is 22.4 Å². The van der Waals surface area contributed by atoms with Crippen LogP contribution in [0, 0.1) is 32.1 Å². The monoisotopic (exact) mass is 212 g/mol. The Morgan fingerprint density at radius 1 is 1.25 bits per heavy atom. The number of fused-ring (bicyclic) bond motifs is 1. The molecule has 0 amide bonds. The third-order valence-electron chi connectivity index (χ3n) is 3.30. The molecule has 2 heteroatoms. The molecule has 2 nitrogen and oxygen atoms in total. The molecule has 2 rings (SSSR count). The van der Waals surface area contributed by atoms with Crippen LogP contribution in [0.4, 0.5) is 0 Å². The fraction of sp³-hybridized carbons (Fsp3) is 0.357. The molecule has 0 N–H and O–H groups in total.